The number of carbonyl (C=O) groups excluding carboxylic acids is 1. The number of carbonyl (C=O) groups is 2. The smallest absolute Gasteiger partial charge is 0.315 e. The minimum absolute atomic E-state index is 0.105. The Morgan fingerprint density at radius 2 is 1.89 bits per heavy atom. The van der Waals surface area contributed by atoms with Crippen LogP contribution in [0.15, 0.2) is 48.5 Å². The van der Waals surface area contributed by atoms with Gasteiger partial charge in [-0.15, -0.1) is 0 Å². The van der Waals surface area contributed by atoms with E-state index in [0.717, 1.165) is 12.8 Å². The van der Waals surface area contributed by atoms with Gasteiger partial charge in [0, 0.05) is 24.2 Å². The maximum absolute atomic E-state index is 12.5. The molecule has 0 bridgehead atoms. The number of rotatable bonds is 8. The second-order valence-electron chi connectivity index (χ2n) is 7.09. The fourth-order valence-electron chi connectivity index (χ4n) is 2.86. The van der Waals surface area contributed by atoms with Gasteiger partial charge in [-0.25, -0.2) is 0 Å². The van der Waals surface area contributed by atoms with Crippen LogP contribution in [0, 0.1) is 10.1 Å². The highest BCUT2D eigenvalue weighted by Gasteiger charge is 2.35. The van der Waals surface area contributed by atoms with Gasteiger partial charge in [-0.05, 0) is 37.5 Å². The van der Waals surface area contributed by atoms with Gasteiger partial charge >= 0.3 is 5.97 Å². The number of hydrogen-bond acceptors (Lipinski definition) is 5. The van der Waals surface area contributed by atoms with Crippen LogP contribution < -0.4 is 10.6 Å². The van der Waals surface area contributed by atoms with Crippen LogP contribution in [0.25, 0.3) is 0 Å². The molecule has 8 heteroatoms. The Labute approximate surface area is 161 Å². The summed E-state index contributed by atoms with van der Waals surface area (Å²) in [6.07, 6.45) is 1.93. The highest BCUT2D eigenvalue weighted by molar-refractivity contribution is 5.96. The fourth-order valence-corrected chi connectivity index (χ4v) is 2.86. The van der Waals surface area contributed by atoms with Crippen LogP contribution in [-0.2, 0) is 10.2 Å². The Morgan fingerprint density at radius 1 is 1.21 bits per heavy atom. The number of anilines is 1. The molecule has 3 N–H and O–H groups in total. The van der Waals surface area contributed by atoms with Crippen molar-refractivity contribution in [2.75, 3.05) is 11.9 Å². The lowest BCUT2D eigenvalue weighted by atomic mass is 9.82. The van der Waals surface area contributed by atoms with E-state index >= 15 is 0 Å². The van der Waals surface area contributed by atoms with E-state index in [2.05, 4.69) is 10.6 Å². The maximum atomic E-state index is 12.5. The number of hydrogen-bond donors (Lipinski definition) is 3. The third-order valence-corrected chi connectivity index (χ3v) is 4.88. The first-order chi connectivity index (χ1) is 13.3. The molecule has 1 saturated carbocycles. The van der Waals surface area contributed by atoms with Gasteiger partial charge < -0.3 is 15.7 Å². The molecule has 0 spiro atoms. The van der Waals surface area contributed by atoms with Crippen LogP contribution >= 0.6 is 0 Å². The maximum Gasteiger partial charge on any atom is 0.315 e. The predicted octanol–water partition coefficient (Wildman–Crippen LogP) is 2.94. The summed E-state index contributed by atoms with van der Waals surface area (Å²) in [7, 11) is 0. The second-order valence-corrected chi connectivity index (χ2v) is 7.09. The Bertz CT molecular complexity index is 911. The van der Waals surface area contributed by atoms with Crippen molar-refractivity contribution in [2.24, 2.45) is 0 Å². The highest BCUT2D eigenvalue weighted by atomic mass is 16.6. The molecule has 0 saturated heterocycles. The van der Waals surface area contributed by atoms with E-state index in [0.29, 0.717) is 11.3 Å². The average Bonchev–Trinajstić information content (AvgIpc) is 3.50. The lowest BCUT2D eigenvalue weighted by molar-refractivity contribution is -0.384. The molecule has 1 aliphatic carbocycles. The third kappa shape index (κ3) is 4.11. The van der Waals surface area contributed by atoms with Gasteiger partial charge in [-0.1, -0.05) is 30.3 Å². The van der Waals surface area contributed by atoms with Gasteiger partial charge in [-0.2, -0.15) is 0 Å². The average molecular weight is 383 g/mol. The van der Waals surface area contributed by atoms with Crippen molar-refractivity contribution in [2.45, 2.75) is 31.2 Å². The number of carboxylic acids is 1. The molecule has 1 atom stereocenters. The molecule has 0 aromatic heterocycles. The number of nitrogens with one attached hydrogen (secondary N) is 2. The van der Waals surface area contributed by atoms with Crippen molar-refractivity contribution in [3.63, 3.8) is 0 Å². The van der Waals surface area contributed by atoms with E-state index in [-0.39, 0.29) is 23.8 Å². The van der Waals surface area contributed by atoms with Crippen LogP contribution in [0.3, 0.4) is 0 Å². The molecule has 1 unspecified atom stereocenters. The van der Waals surface area contributed by atoms with Crippen molar-refractivity contribution < 1.29 is 19.6 Å². The largest absolute Gasteiger partial charge is 0.481 e. The lowest BCUT2D eigenvalue weighted by Crippen LogP contribution is -2.44. The molecule has 2 aromatic rings. The molecule has 28 heavy (non-hydrogen) atoms. The standard InChI is InChI=1S/C20H21N3O5/c1-20(19(25)26,14-5-3-2-4-6-14)12-21-18(24)13-7-10-16(22-15-8-9-15)17(11-13)23(27)28/h2-7,10-11,15,22H,8-9,12H2,1H3,(H,21,24)(H,25,26). The fraction of sp³-hybridized carbons (Fsp3) is 0.300. The summed E-state index contributed by atoms with van der Waals surface area (Å²) in [5.41, 5.74) is -0.463. The van der Waals surface area contributed by atoms with Gasteiger partial charge in [0.15, 0.2) is 0 Å². The number of nitrogens with zero attached hydrogens (tertiary/aromatic N) is 1. The van der Waals surface area contributed by atoms with E-state index in [4.69, 9.17) is 0 Å². The Hall–Kier alpha value is -3.42. The summed E-state index contributed by atoms with van der Waals surface area (Å²) in [5, 5.41) is 26.7. The molecule has 1 amide bonds. The number of amides is 1. The van der Waals surface area contributed by atoms with Gasteiger partial charge in [0.1, 0.15) is 11.1 Å². The molecular weight excluding hydrogens is 362 g/mol. The molecule has 1 aliphatic rings. The van der Waals surface area contributed by atoms with Crippen molar-refractivity contribution in [3.8, 4) is 0 Å². The van der Waals surface area contributed by atoms with Gasteiger partial charge in [0.2, 0.25) is 0 Å². The van der Waals surface area contributed by atoms with Gasteiger partial charge in [-0.3, -0.25) is 19.7 Å². The molecule has 1 fully saturated rings. The Morgan fingerprint density at radius 3 is 2.46 bits per heavy atom. The first-order valence-electron chi connectivity index (χ1n) is 8.93. The summed E-state index contributed by atoms with van der Waals surface area (Å²) in [5.74, 6) is -1.64. The van der Waals surface area contributed by atoms with Gasteiger partial charge in [0.05, 0.1) is 4.92 Å². The van der Waals surface area contributed by atoms with Crippen LogP contribution in [0.5, 0.6) is 0 Å². The normalized spacial score (nSPS) is 15.3. The second kappa shape index (κ2) is 7.67. The van der Waals surface area contributed by atoms with E-state index < -0.39 is 22.2 Å². The number of nitro benzene ring substituents is 1. The lowest BCUT2D eigenvalue weighted by Gasteiger charge is -2.25. The summed E-state index contributed by atoms with van der Waals surface area (Å²) < 4.78 is 0. The Kier molecular flexibility index (Phi) is 5.30. The zero-order valence-electron chi connectivity index (χ0n) is 15.3. The molecule has 146 valence electrons. The molecule has 0 aliphatic heterocycles. The molecule has 0 radical (unpaired) electrons. The van der Waals surface area contributed by atoms with Crippen molar-refractivity contribution >= 4 is 23.3 Å². The van der Waals surface area contributed by atoms with Crippen LogP contribution in [0.4, 0.5) is 11.4 Å². The van der Waals surface area contributed by atoms with Crippen LogP contribution in [0.2, 0.25) is 0 Å². The number of carboxylic acid groups (broad SMARTS) is 1. The summed E-state index contributed by atoms with van der Waals surface area (Å²) in [6, 6.07) is 13.1. The molecular formula is C20H21N3O5. The quantitative estimate of drug-likeness (QED) is 0.476. The molecule has 8 nitrogen and oxygen atoms in total. The molecule has 3 rings (SSSR count). The van der Waals surface area contributed by atoms with E-state index in [1.807, 2.05) is 0 Å². The van der Waals surface area contributed by atoms with Gasteiger partial charge in [0.25, 0.3) is 11.6 Å². The summed E-state index contributed by atoms with van der Waals surface area (Å²) in [4.78, 5) is 35.1. The van der Waals surface area contributed by atoms with Crippen LogP contribution in [-0.4, -0.2) is 34.5 Å². The minimum Gasteiger partial charge on any atom is -0.481 e. The van der Waals surface area contributed by atoms with Crippen molar-refractivity contribution in [3.05, 3.63) is 69.8 Å². The SMILES string of the molecule is CC(CNC(=O)c1ccc(NC2CC2)c([N+](=O)[O-])c1)(C(=O)O)c1ccccc1. The molecule has 2 aromatic carbocycles. The predicted molar refractivity (Wildman–Crippen MR) is 104 cm³/mol. The van der Waals surface area contributed by atoms with E-state index in [9.17, 15) is 24.8 Å². The number of nitro groups is 1. The van der Waals surface area contributed by atoms with E-state index in [1.54, 1.807) is 30.3 Å². The monoisotopic (exact) mass is 383 g/mol. The van der Waals surface area contributed by atoms with Crippen molar-refractivity contribution in [1.82, 2.24) is 5.32 Å². The molecule has 0 heterocycles. The topological polar surface area (TPSA) is 122 Å². The summed E-state index contributed by atoms with van der Waals surface area (Å²) >= 11 is 0. The third-order valence-electron chi connectivity index (χ3n) is 4.88. The highest BCUT2D eigenvalue weighted by Crippen LogP contribution is 2.31. The number of aliphatic carboxylic acids is 1. The Balaban J connectivity index is 1.77. The number of benzene rings is 2. The van der Waals surface area contributed by atoms with Crippen molar-refractivity contribution in [1.29, 1.82) is 0 Å². The minimum atomic E-state index is -1.32. The van der Waals surface area contributed by atoms with Crippen LogP contribution in [0.1, 0.15) is 35.7 Å². The first kappa shape index (κ1) is 19.3. The zero-order chi connectivity index (χ0) is 20.3. The van der Waals surface area contributed by atoms with E-state index in [1.165, 1.54) is 25.1 Å². The first-order valence-corrected chi connectivity index (χ1v) is 8.93. The summed E-state index contributed by atoms with van der Waals surface area (Å²) in [6.45, 7) is 1.37. The zero-order valence-corrected chi connectivity index (χ0v) is 15.3.